The van der Waals surface area contributed by atoms with Gasteiger partial charge in [-0.1, -0.05) is 12.1 Å². The summed E-state index contributed by atoms with van der Waals surface area (Å²) in [7, 11) is 2.86. The summed E-state index contributed by atoms with van der Waals surface area (Å²) in [5.41, 5.74) is -0.766. The minimum atomic E-state index is -0.534. The van der Waals surface area contributed by atoms with E-state index in [1.54, 1.807) is 12.1 Å². The lowest BCUT2D eigenvalue weighted by Crippen LogP contribution is -2.37. The average Bonchev–Trinajstić information content (AvgIpc) is 2.62. The van der Waals surface area contributed by atoms with Crippen molar-refractivity contribution in [3.63, 3.8) is 0 Å². The SMILES string of the molecule is Cn1c(=O)c2c(SCCO)nc(-c3ccccc3F)nc2n(C)c1=O. The lowest BCUT2D eigenvalue weighted by Gasteiger charge is -2.12. The van der Waals surface area contributed by atoms with E-state index in [2.05, 4.69) is 9.97 Å². The van der Waals surface area contributed by atoms with Crippen molar-refractivity contribution in [1.29, 1.82) is 0 Å². The van der Waals surface area contributed by atoms with Gasteiger partial charge in [-0.15, -0.1) is 11.8 Å². The zero-order valence-corrected chi connectivity index (χ0v) is 14.4. The zero-order chi connectivity index (χ0) is 18.1. The van der Waals surface area contributed by atoms with E-state index >= 15 is 0 Å². The molecule has 0 aliphatic rings. The number of fused-ring (bicyclic) bond motifs is 1. The van der Waals surface area contributed by atoms with Crippen LogP contribution in [0, 0.1) is 5.82 Å². The number of aliphatic hydroxyl groups excluding tert-OH is 1. The van der Waals surface area contributed by atoms with E-state index in [1.165, 1.54) is 30.8 Å². The Bertz CT molecular complexity index is 1080. The van der Waals surface area contributed by atoms with Crippen molar-refractivity contribution in [2.75, 3.05) is 12.4 Å². The van der Waals surface area contributed by atoms with Gasteiger partial charge in [0.25, 0.3) is 5.56 Å². The third kappa shape index (κ3) is 2.96. The van der Waals surface area contributed by atoms with Gasteiger partial charge in [0.15, 0.2) is 11.5 Å². The molecule has 0 atom stereocenters. The number of aliphatic hydroxyl groups is 1. The van der Waals surface area contributed by atoms with E-state index in [0.29, 0.717) is 10.8 Å². The van der Waals surface area contributed by atoms with Gasteiger partial charge in [0.2, 0.25) is 0 Å². The van der Waals surface area contributed by atoms with Gasteiger partial charge < -0.3 is 5.11 Å². The fraction of sp³-hybridized carbons (Fsp3) is 0.250. The largest absolute Gasteiger partial charge is 0.396 e. The highest BCUT2D eigenvalue weighted by Crippen LogP contribution is 2.26. The molecule has 0 radical (unpaired) electrons. The van der Waals surface area contributed by atoms with Crippen LogP contribution in [-0.2, 0) is 14.1 Å². The Morgan fingerprint density at radius 2 is 1.88 bits per heavy atom. The van der Waals surface area contributed by atoms with Gasteiger partial charge >= 0.3 is 5.69 Å². The summed E-state index contributed by atoms with van der Waals surface area (Å²) in [5, 5.41) is 9.56. The maximum atomic E-state index is 14.1. The molecular weight excluding hydrogens is 347 g/mol. The number of benzene rings is 1. The van der Waals surface area contributed by atoms with Crippen molar-refractivity contribution >= 4 is 22.8 Å². The fourth-order valence-corrected chi connectivity index (χ4v) is 3.20. The molecule has 0 aliphatic heterocycles. The second kappa shape index (κ2) is 6.77. The van der Waals surface area contributed by atoms with E-state index in [9.17, 15) is 14.0 Å². The van der Waals surface area contributed by atoms with Crippen LogP contribution >= 0.6 is 11.8 Å². The summed E-state index contributed by atoms with van der Waals surface area (Å²) >= 11 is 1.15. The monoisotopic (exact) mass is 362 g/mol. The zero-order valence-electron chi connectivity index (χ0n) is 13.6. The maximum absolute atomic E-state index is 14.1. The second-order valence-electron chi connectivity index (χ2n) is 5.31. The Balaban J connectivity index is 2.42. The molecule has 0 spiro atoms. The lowest BCUT2D eigenvalue weighted by molar-refractivity contribution is 0.322. The third-order valence-corrected chi connectivity index (χ3v) is 4.67. The van der Waals surface area contributed by atoms with Gasteiger partial charge in [0, 0.05) is 19.8 Å². The lowest BCUT2D eigenvalue weighted by atomic mass is 10.2. The van der Waals surface area contributed by atoms with Crippen LogP contribution in [0.25, 0.3) is 22.4 Å². The Hall–Kier alpha value is -2.52. The van der Waals surface area contributed by atoms with Crippen LogP contribution in [0.5, 0.6) is 0 Å². The molecule has 2 heterocycles. The third-order valence-electron chi connectivity index (χ3n) is 3.71. The van der Waals surface area contributed by atoms with Crippen molar-refractivity contribution in [2.24, 2.45) is 14.1 Å². The summed E-state index contributed by atoms with van der Waals surface area (Å²) in [6.45, 7) is -0.114. The van der Waals surface area contributed by atoms with E-state index in [0.717, 1.165) is 16.3 Å². The second-order valence-corrected chi connectivity index (χ2v) is 6.39. The molecule has 2 aromatic heterocycles. The number of hydrogen-bond acceptors (Lipinski definition) is 6. The molecule has 3 rings (SSSR count). The molecule has 0 aliphatic carbocycles. The van der Waals surface area contributed by atoms with Crippen LogP contribution < -0.4 is 11.2 Å². The molecule has 0 saturated heterocycles. The van der Waals surface area contributed by atoms with Crippen LogP contribution in [0.3, 0.4) is 0 Å². The summed E-state index contributed by atoms with van der Waals surface area (Å²) in [4.78, 5) is 33.3. The highest BCUT2D eigenvalue weighted by molar-refractivity contribution is 7.99. The van der Waals surface area contributed by atoms with Gasteiger partial charge in [0.05, 0.1) is 12.2 Å². The van der Waals surface area contributed by atoms with E-state index in [-0.39, 0.29) is 29.0 Å². The minimum Gasteiger partial charge on any atom is -0.396 e. The molecule has 7 nitrogen and oxygen atoms in total. The highest BCUT2D eigenvalue weighted by Gasteiger charge is 2.19. The van der Waals surface area contributed by atoms with E-state index in [1.807, 2.05) is 0 Å². The van der Waals surface area contributed by atoms with Gasteiger partial charge in [-0.2, -0.15) is 0 Å². The molecule has 1 aromatic carbocycles. The minimum absolute atomic E-state index is 0.0780. The highest BCUT2D eigenvalue weighted by atomic mass is 32.2. The predicted molar refractivity (Wildman–Crippen MR) is 93.2 cm³/mol. The van der Waals surface area contributed by atoms with E-state index in [4.69, 9.17) is 5.11 Å². The molecule has 9 heteroatoms. The summed E-state index contributed by atoms with van der Waals surface area (Å²) in [5.74, 6) is -0.127. The van der Waals surface area contributed by atoms with Gasteiger partial charge in [-0.05, 0) is 12.1 Å². The van der Waals surface area contributed by atoms with Crippen LogP contribution in [0.1, 0.15) is 0 Å². The molecule has 0 bridgehead atoms. The van der Waals surface area contributed by atoms with Gasteiger partial charge in [0.1, 0.15) is 16.2 Å². The number of nitrogens with zero attached hydrogens (tertiary/aromatic N) is 4. The molecule has 1 N–H and O–H groups in total. The Morgan fingerprint density at radius 3 is 2.56 bits per heavy atom. The normalized spacial score (nSPS) is 11.2. The summed E-state index contributed by atoms with van der Waals surface area (Å²) < 4.78 is 16.3. The van der Waals surface area contributed by atoms with Crippen molar-refractivity contribution in [3.8, 4) is 11.4 Å². The standard InChI is InChI=1S/C16H15FN4O3S/c1-20-13-11(15(23)21(2)16(20)24)14(25-8-7-22)19-12(18-13)9-5-3-4-6-10(9)17/h3-6,22H,7-8H2,1-2H3. The Kier molecular flexibility index (Phi) is 4.69. The number of rotatable bonds is 4. The molecule has 3 aromatic rings. The van der Waals surface area contributed by atoms with Crippen LogP contribution in [0.4, 0.5) is 4.39 Å². The van der Waals surface area contributed by atoms with Crippen molar-refractivity contribution in [1.82, 2.24) is 19.1 Å². The molecular formula is C16H15FN4O3S. The van der Waals surface area contributed by atoms with Gasteiger partial charge in [-0.3, -0.25) is 13.9 Å². The van der Waals surface area contributed by atoms with Crippen LogP contribution in [0.15, 0.2) is 38.9 Å². The molecule has 0 saturated carbocycles. The number of aromatic nitrogens is 4. The van der Waals surface area contributed by atoms with E-state index < -0.39 is 17.1 Å². The van der Waals surface area contributed by atoms with Crippen molar-refractivity contribution < 1.29 is 9.50 Å². The number of hydrogen-bond donors (Lipinski definition) is 1. The number of halogens is 1. The first kappa shape index (κ1) is 17.3. The topological polar surface area (TPSA) is 90.0 Å². The van der Waals surface area contributed by atoms with Crippen molar-refractivity contribution in [2.45, 2.75) is 5.03 Å². The quantitative estimate of drug-likeness (QED) is 0.548. The first-order chi connectivity index (χ1) is 12.0. The Morgan fingerprint density at radius 1 is 1.16 bits per heavy atom. The molecule has 130 valence electrons. The number of thioether (sulfide) groups is 1. The average molecular weight is 362 g/mol. The molecule has 25 heavy (non-hydrogen) atoms. The maximum Gasteiger partial charge on any atom is 0.332 e. The first-order valence-electron chi connectivity index (χ1n) is 7.42. The molecule has 0 unspecified atom stereocenters. The first-order valence-corrected chi connectivity index (χ1v) is 8.40. The smallest absolute Gasteiger partial charge is 0.332 e. The summed E-state index contributed by atoms with van der Waals surface area (Å²) in [6, 6.07) is 6.00. The molecule has 0 fully saturated rings. The van der Waals surface area contributed by atoms with Crippen LogP contribution in [-0.4, -0.2) is 36.6 Å². The van der Waals surface area contributed by atoms with Crippen LogP contribution in [0.2, 0.25) is 0 Å². The van der Waals surface area contributed by atoms with Gasteiger partial charge in [-0.25, -0.2) is 19.2 Å². The number of aryl methyl sites for hydroxylation is 1. The Labute approximate surface area is 145 Å². The van der Waals surface area contributed by atoms with Crippen molar-refractivity contribution in [3.05, 3.63) is 50.9 Å². The summed E-state index contributed by atoms with van der Waals surface area (Å²) in [6.07, 6.45) is 0. The molecule has 0 amide bonds. The predicted octanol–water partition coefficient (Wildman–Crippen LogP) is 0.918. The fourth-order valence-electron chi connectivity index (χ4n) is 2.44.